The smallest absolute Gasteiger partial charge is 0.235 e. The maximum atomic E-state index is 12.4. The Hall–Kier alpha value is -1.62. The molecule has 0 spiro atoms. The molecule has 0 amide bonds. The summed E-state index contributed by atoms with van der Waals surface area (Å²) >= 11 is 6.22. The summed E-state index contributed by atoms with van der Waals surface area (Å²) in [5.41, 5.74) is 1.64. The largest absolute Gasteiger partial charge is 0.305 e. The zero-order chi connectivity index (χ0) is 15.8. The van der Waals surface area contributed by atoms with Crippen LogP contribution in [-0.2, 0) is 10.2 Å². The van der Waals surface area contributed by atoms with Gasteiger partial charge >= 0.3 is 10.2 Å². The van der Waals surface area contributed by atoms with Gasteiger partial charge in [-0.3, -0.25) is 0 Å². The lowest BCUT2D eigenvalue weighted by Crippen LogP contribution is -2.43. The molecule has 6 nitrogen and oxygen atoms in total. The molecule has 2 rings (SSSR count). The Balaban J connectivity index is 2.56. The average molecular weight is 327 g/mol. The third-order valence-electron chi connectivity index (χ3n) is 3.25. The molecule has 0 aromatic heterocycles. The molecule has 1 heterocycles. The van der Waals surface area contributed by atoms with Crippen LogP contribution in [0.25, 0.3) is 0 Å². The highest BCUT2D eigenvalue weighted by molar-refractivity contribution is 7.87. The molecule has 21 heavy (non-hydrogen) atoms. The van der Waals surface area contributed by atoms with Crippen LogP contribution in [-0.4, -0.2) is 42.5 Å². The molecule has 112 valence electrons. The van der Waals surface area contributed by atoms with Crippen molar-refractivity contribution in [3.8, 4) is 6.07 Å². The number of hydrogen-bond donors (Lipinski definition) is 0. The molecule has 2 atom stereocenters. The first-order chi connectivity index (χ1) is 9.72. The summed E-state index contributed by atoms with van der Waals surface area (Å²) in [6.07, 6.45) is 1.11. The fourth-order valence-electron chi connectivity index (χ4n) is 2.03. The molecule has 0 aliphatic carbocycles. The van der Waals surface area contributed by atoms with Crippen LogP contribution in [0.15, 0.2) is 29.3 Å². The minimum absolute atomic E-state index is 0.611. The fraction of sp³-hybridized carbons (Fsp3) is 0.385. The normalized spacial score (nSPS) is 25.3. The average Bonchev–Trinajstić information content (AvgIpc) is 2.79. The van der Waals surface area contributed by atoms with E-state index in [0.717, 1.165) is 20.5 Å². The number of nitrogens with zero attached hydrogens (tertiary/aromatic N) is 4. The van der Waals surface area contributed by atoms with Gasteiger partial charge in [0.2, 0.25) is 5.00 Å². The highest BCUT2D eigenvalue weighted by Crippen LogP contribution is 2.42. The minimum atomic E-state index is -3.78. The molecular formula is C13H15ClN4O2S. The zero-order valence-electron chi connectivity index (χ0n) is 11.9. The Morgan fingerprint density at radius 2 is 1.95 bits per heavy atom. The summed E-state index contributed by atoms with van der Waals surface area (Å²) in [5, 5.41) is 9.30. The first-order valence-electron chi connectivity index (χ1n) is 6.15. The third kappa shape index (κ3) is 2.62. The Morgan fingerprint density at radius 3 is 2.43 bits per heavy atom. The SMILES string of the molecule is Cc1ccc(C2N(S(=O)(=O)N(C)C)C=NC2(Cl)C#N)cc1. The van der Waals surface area contributed by atoms with Crippen LogP contribution in [0.2, 0.25) is 0 Å². The second-order valence-electron chi connectivity index (χ2n) is 4.96. The van der Waals surface area contributed by atoms with Crippen LogP contribution < -0.4 is 0 Å². The molecule has 0 saturated carbocycles. The van der Waals surface area contributed by atoms with Crippen molar-refractivity contribution >= 4 is 28.1 Å². The van der Waals surface area contributed by atoms with Crippen LogP contribution in [0, 0.1) is 18.3 Å². The number of halogens is 1. The van der Waals surface area contributed by atoms with E-state index in [4.69, 9.17) is 11.6 Å². The molecule has 2 unspecified atom stereocenters. The Bertz CT molecular complexity index is 709. The number of benzene rings is 1. The predicted molar refractivity (Wildman–Crippen MR) is 81.1 cm³/mol. The van der Waals surface area contributed by atoms with Crippen molar-refractivity contribution in [3.63, 3.8) is 0 Å². The number of aryl methyl sites for hydroxylation is 1. The van der Waals surface area contributed by atoms with Crippen molar-refractivity contribution in [3.05, 3.63) is 35.4 Å². The van der Waals surface area contributed by atoms with E-state index in [9.17, 15) is 13.7 Å². The predicted octanol–water partition coefficient (Wildman–Crippen LogP) is 1.65. The van der Waals surface area contributed by atoms with Gasteiger partial charge in [-0.05, 0) is 12.5 Å². The highest BCUT2D eigenvalue weighted by Gasteiger charge is 2.50. The highest BCUT2D eigenvalue weighted by atomic mass is 35.5. The minimum Gasteiger partial charge on any atom is -0.235 e. The van der Waals surface area contributed by atoms with Crippen molar-refractivity contribution in [2.45, 2.75) is 18.0 Å². The third-order valence-corrected chi connectivity index (χ3v) is 5.40. The summed E-state index contributed by atoms with van der Waals surface area (Å²) in [6.45, 7) is 1.92. The van der Waals surface area contributed by atoms with Crippen molar-refractivity contribution in [1.82, 2.24) is 8.61 Å². The Kier molecular flexibility index (Phi) is 3.97. The van der Waals surface area contributed by atoms with Gasteiger partial charge in [0.15, 0.2) is 0 Å². The van der Waals surface area contributed by atoms with Gasteiger partial charge < -0.3 is 0 Å². The second-order valence-corrected chi connectivity index (χ2v) is 7.59. The molecule has 8 heteroatoms. The van der Waals surface area contributed by atoms with Gasteiger partial charge in [-0.1, -0.05) is 41.4 Å². The van der Waals surface area contributed by atoms with Crippen molar-refractivity contribution in [1.29, 1.82) is 5.26 Å². The van der Waals surface area contributed by atoms with Crippen LogP contribution in [0.4, 0.5) is 0 Å². The first kappa shape index (κ1) is 15.8. The molecular weight excluding hydrogens is 312 g/mol. The van der Waals surface area contributed by atoms with Gasteiger partial charge in [-0.25, -0.2) is 9.30 Å². The molecule has 1 aromatic carbocycles. The van der Waals surface area contributed by atoms with Gasteiger partial charge in [-0.15, -0.1) is 0 Å². The van der Waals surface area contributed by atoms with E-state index in [0.29, 0.717) is 5.56 Å². The quantitative estimate of drug-likeness (QED) is 0.626. The summed E-state index contributed by atoms with van der Waals surface area (Å²) in [6, 6.07) is 8.16. The maximum absolute atomic E-state index is 12.4. The molecule has 0 N–H and O–H groups in total. The molecule has 0 fully saturated rings. The van der Waals surface area contributed by atoms with E-state index in [-0.39, 0.29) is 0 Å². The Labute approximate surface area is 129 Å². The number of hydrogen-bond acceptors (Lipinski definition) is 4. The van der Waals surface area contributed by atoms with Gasteiger partial charge in [0.1, 0.15) is 18.4 Å². The molecule has 0 bridgehead atoms. The lowest BCUT2D eigenvalue weighted by molar-refractivity contribution is 0.395. The van der Waals surface area contributed by atoms with Gasteiger partial charge in [0, 0.05) is 14.1 Å². The van der Waals surface area contributed by atoms with E-state index < -0.39 is 21.2 Å². The lowest BCUT2D eigenvalue weighted by Gasteiger charge is -2.30. The van der Waals surface area contributed by atoms with Crippen LogP contribution in [0.1, 0.15) is 17.2 Å². The van der Waals surface area contributed by atoms with E-state index in [1.807, 2.05) is 25.1 Å². The van der Waals surface area contributed by atoms with E-state index in [1.165, 1.54) is 14.1 Å². The molecule has 0 radical (unpaired) electrons. The summed E-state index contributed by atoms with van der Waals surface area (Å²) in [4.78, 5) is 2.23. The fourth-order valence-corrected chi connectivity index (χ4v) is 3.45. The van der Waals surface area contributed by atoms with E-state index in [1.54, 1.807) is 12.1 Å². The van der Waals surface area contributed by atoms with Crippen LogP contribution >= 0.6 is 11.6 Å². The number of nitriles is 1. The molecule has 1 aliphatic heterocycles. The molecule has 1 aromatic rings. The summed E-state index contributed by atoms with van der Waals surface area (Å²) < 4.78 is 26.8. The summed E-state index contributed by atoms with van der Waals surface area (Å²) in [5.74, 6) is 0. The number of alkyl halides is 1. The lowest BCUT2D eigenvalue weighted by atomic mass is 10.00. The number of aliphatic imine (C=N–C) groups is 1. The second kappa shape index (κ2) is 5.30. The van der Waals surface area contributed by atoms with Gasteiger partial charge in [-0.2, -0.15) is 18.0 Å². The van der Waals surface area contributed by atoms with Crippen molar-refractivity contribution in [2.75, 3.05) is 14.1 Å². The summed E-state index contributed by atoms with van der Waals surface area (Å²) in [7, 11) is -0.958. The number of rotatable bonds is 3. The van der Waals surface area contributed by atoms with Crippen LogP contribution in [0.3, 0.4) is 0 Å². The monoisotopic (exact) mass is 326 g/mol. The zero-order valence-corrected chi connectivity index (χ0v) is 13.4. The Morgan fingerprint density at radius 1 is 1.38 bits per heavy atom. The topological polar surface area (TPSA) is 76.8 Å². The van der Waals surface area contributed by atoms with Crippen LogP contribution in [0.5, 0.6) is 0 Å². The standard InChI is InChI=1S/C13H15ClN4O2S/c1-10-4-6-11(7-5-10)12-13(14,8-15)16-9-18(12)21(19,20)17(2)3/h4-7,9,12H,1-3H3. The van der Waals surface area contributed by atoms with Crippen molar-refractivity contribution < 1.29 is 8.42 Å². The van der Waals surface area contributed by atoms with E-state index >= 15 is 0 Å². The van der Waals surface area contributed by atoms with Gasteiger partial charge in [0.25, 0.3) is 0 Å². The van der Waals surface area contributed by atoms with Gasteiger partial charge in [0.05, 0.1) is 0 Å². The maximum Gasteiger partial charge on any atom is 0.305 e. The van der Waals surface area contributed by atoms with E-state index in [2.05, 4.69) is 4.99 Å². The first-order valence-corrected chi connectivity index (χ1v) is 7.93. The van der Waals surface area contributed by atoms with Crippen molar-refractivity contribution in [2.24, 2.45) is 4.99 Å². The molecule has 0 saturated heterocycles. The molecule has 1 aliphatic rings.